The van der Waals surface area contributed by atoms with Crippen molar-refractivity contribution >= 4 is 9.17 Å². The second kappa shape index (κ2) is 2.70. The van der Waals surface area contributed by atoms with E-state index < -0.39 is 15.5 Å². The van der Waals surface area contributed by atoms with Gasteiger partial charge in [0.15, 0.2) is 6.29 Å². The molecule has 7 heavy (non-hydrogen) atoms. The fraction of sp³-hybridized carbons (Fsp3) is 1.00. The van der Waals surface area contributed by atoms with Crippen molar-refractivity contribution in [2.24, 2.45) is 0 Å². The van der Waals surface area contributed by atoms with Crippen molar-refractivity contribution < 1.29 is 18.8 Å². The van der Waals surface area contributed by atoms with E-state index in [0.29, 0.717) is 0 Å². The van der Waals surface area contributed by atoms with E-state index in [9.17, 15) is 4.46 Å². The third kappa shape index (κ3) is 5.58. The van der Waals surface area contributed by atoms with E-state index in [-0.39, 0.29) is 0 Å². The molecule has 42 valence electrons. The SMILES string of the molecule is CC(O)O[Si](=O)O. The Hall–Kier alpha value is -0.423. The minimum absolute atomic E-state index is 1.14. The maximum absolute atomic E-state index is 9.61. The lowest BCUT2D eigenvalue weighted by Gasteiger charge is -1.98. The summed E-state index contributed by atoms with van der Waals surface area (Å²) in [5.74, 6) is 0. The van der Waals surface area contributed by atoms with Gasteiger partial charge in [-0.1, -0.05) is 0 Å². The highest BCUT2D eigenvalue weighted by Gasteiger charge is 2.05. The lowest BCUT2D eigenvalue weighted by Crippen LogP contribution is -2.14. The van der Waals surface area contributed by atoms with E-state index in [1.807, 2.05) is 0 Å². The monoisotopic (exact) mass is 122 g/mol. The Labute approximate surface area is 42.3 Å². The topological polar surface area (TPSA) is 66.8 Å². The van der Waals surface area contributed by atoms with Crippen molar-refractivity contribution in [1.82, 2.24) is 0 Å². The molecule has 0 saturated carbocycles. The lowest BCUT2D eigenvalue weighted by atomic mass is 10.8. The first kappa shape index (κ1) is 6.58. The Morgan fingerprint density at radius 2 is 2.29 bits per heavy atom. The van der Waals surface area contributed by atoms with Gasteiger partial charge < -0.3 is 14.3 Å². The fourth-order valence-corrected chi connectivity index (χ4v) is 0.438. The molecule has 0 amide bonds. The summed E-state index contributed by atoms with van der Waals surface area (Å²) >= 11 is 0. The molecule has 0 spiro atoms. The third-order valence-electron chi connectivity index (χ3n) is 0.271. The molecular weight excluding hydrogens is 116 g/mol. The van der Waals surface area contributed by atoms with Crippen molar-refractivity contribution in [1.29, 1.82) is 0 Å². The summed E-state index contributed by atoms with van der Waals surface area (Å²) in [4.78, 5) is 7.89. The molecule has 0 aromatic heterocycles. The minimum Gasteiger partial charge on any atom is -0.511 e. The fourth-order valence-electron chi connectivity index (χ4n) is 0.146. The first-order valence-corrected chi connectivity index (χ1v) is 2.97. The molecular formula is C2H6O4Si. The third-order valence-corrected chi connectivity index (χ3v) is 0.814. The smallest absolute Gasteiger partial charge is 0.511 e. The van der Waals surface area contributed by atoms with E-state index in [1.165, 1.54) is 6.92 Å². The summed E-state index contributed by atoms with van der Waals surface area (Å²) in [6.07, 6.45) is -1.14. The van der Waals surface area contributed by atoms with Crippen molar-refractivity contribution in [2.75, 3.05) is 0 Å². The predicted molar refractivity (Wildman–Crippen MR) is 21.4 cm³/mol. The highest BCUT2D eigenvalue weighted by atomic mass is 28.3. The molecule has 4 nitrogen and oxygen atoms in total. The van der Waals surface area contributed by atoms with Crippen LogP contribution in [0, 0.1) is 0 Å². The van der Waals surface area contributed by atoms with Crippen molar-refractivity contribution in [3.8, 4) is 0 Å². The van der Waals surface area contributed by atoms with Crippen LogP contribution in [0.2, 0.25) is 0 Å². The second-order valence-corrected chi connectivity index (χ2v) is 1.75. The molecule has 2 N–H and O–H groups in total. The maximum atomic E-state index is 9.61. The van der Waals surface area contributed by atoms with Gasteiger partial charge in [0.2, 0.25) is 0 Å². The van der Waals surface area contributed by atoms with E-state index in [1.54, 1.807) is 0 Å². The van der Waals surface area contributed by atoms with Gasteiger partial charge in [-0.3, -0.25) is 4.46 Å². The summed E-state index contributed by atoms with van der Waals surface area (Å²) in [5, 5.41) is 8.17. The zero-order valence-corrected chi connectivity index (χ0v) is 4.79. The molecule has 0 bridgehead atoms. The first-order valence-electron chi connectivity index (χ1n) is 1.70. The Bertz CT molecular complexity index is 70.1. The Morgan fingerprint density at radius 1 is 1.86 bits per heavy atom. The normalized spacial score (nSPS) is 12.9. The van der Waals surface area contributed by atoms with Gasteiger partial charge in [-0.2, -0.15) is 0 Å². The molecule has 0 aromatic carbocycles. The van der Waals surface area contributed by atoms with Gasteiger partial charge in [-0.25, -0.2) is 0 Å². The maximum Gasteiger partial charge on any atom is 0.766 e. The second-order valence-electron chi connectivity index (χ2n) is 0.983. The summed E-state index contributed by atoms with van der Waals surface area (Å²) in [6.45, 7) is 1.26. The van der Waals surface area contributed by atoms with Crippen LogP contribution in [0.1, 0.15) is 6.92 Å². The zero-order chi connectivity index (χ0) is 5.86. The van der Waals surface area contributed by atoms with Crippen LogP contribution in [0.15, 0.2) is 0 Å². The Morgan fingerprint density at radius 3 is 2.29 bits per heavy atom. The van der Waals surface area contributed by atoms with Gasteiger partial charge in [0.25, 0.3) is 0 Å². The largest absolute Gasteiger partial charge is 0.766 e. The highest BCUT2D eigenvalue weighted by Crippen LogP contribution is 1.78. The van der Waals surface area contributed by atoms with Crippen LogP contribution in [0.25, 0.3) is 0 Å². The van der Waals surface area contributed by atoms with Crippen LogP contribution in [0.4, 0.5) is 0 Å². The van der Waals surface area contributed by atoms with Gasteiger partial charge in [0.1, 0.15) is 0 Å². The zero-order valence-electron chi connectivity index (χ0n) is 3.79. The molecule has 0 aliphatic carbocycles. The molecule has 0 rings (SSSR count). The molecule has 0 aromatic rings. The van der Waals surface area contributed by atoms with Crippen molar-refractivity contribution in [3.63, 3.8) is 0 Å². The average Bonchev–Trinajstić information content (AvgIpc) is 1.27. The molecule has 0 radical (unpaired) electrons. The van der Waals surface area contributed by atoms with Crippen molar-refractivity contribution in [3.05, 3.63) is 0 Å². The first-order chi connectivity index (χ1) is 3.13. The molecule has 0 aliphatic rings. The molecule has 1 atom stereocenters. The number of rotatable bonds is 2. The molecule has 0 saturated heterocycles. The van der Waals surface area contributed by atoms with Gasteiger partial charge >= 0.3 is 9.17 Å². The molecule has 1 unspecified atom stereocenters. The number of hydrogen-bond donors (Lipinski definition) is 2. The van der Waals surface area contributed by atoms with Crippen molar-refractivity contribution in [2.45, 2.75) is 13.2 Å². The van der Waals surface area contributed by atoms with Crippen LogP contribution in [0.3, 0.4) is 0 Å². The van der Waals surface area contributed by atoms with E-state index in [4.69, 9.17) is 9.90 Å². The molecule has 0 aliphatic heterocycles. The molecule has 5 heteroatoms. The van der Waals surface area contributed by atoms with Gasteiger partial charge in [-0.05, 0) is 6.92 Å². The lowest BCUT2D eigenvalue weighted by molar-refractivity contribution is -0.0209. The van der Waals surface area contributed by atoms with Crippen LogP contribution >= 0.6 is 0 Å². The standard InChI is InChI=1S/C2H6O4Si/c1-2(3)6-7(4)5/h2-4H,1H3. The minimum atomic E-state index is -2.93. The van der Waals surface area contributed by atoms with Crippen LogP contribution in [-0.2, 0) is 8.89 Å². The van der Waals surface area contributed by atoms with E-state index in [0.717, 1.165) is 0 Å². The average molecular weight is 122 g/mol. The Balaban J connectivity index is 3.13. The van der Waals surface area contributed by atoms with E-state index in [2.05, 4.69) is 4.43 Å². The Kier molecular flexibility index (Phi) is 2.54. The van der Waals surface area contributed by atoms with Gasteiger partial charge in [0, 0.05) is 0 Å². The number of aliphatic hydroxyl groups excluding tert-OH is 1. The van der Waals surface area contributed by atoms with Gasteiger partial charge in [-0.15, -0.1) is 0 Å². The molecule has 0 fully saturated rings. The summed E-state index contributed by atoms with van der Waals surface area (Å²) in [6, 6.07) is 0. The van der Waals surface area contributed by atoms with Crippen LogP contribution in [0.5, 0.6) is 0 Å². The highest BCUT2D eigenvalue weighted by molar-refractivity contribution is 6.24. The summed E-state index contributed by atoms with van der Waals surface area (Å²) in [7, 11) is -2.93. The van der Waals surface area contributed by atoms with E-state index >= 15 is 0 Å². The van der Waals surface area contributed by atoms with Crippen LogP contribution < -0.4 is 0 Å². The summed E-state index contributed by atoms with van der Waals surface area (Å²) < 4.78 is 13.5. The number of aliphatic hydroxyl groups is 1. The summed E-state index contributed by atoms with van der Waals surface area (Å²) in [5.41, 5.74) is 0. The quantitative estimate of drug-likeness (QED) is 0.355. The van der Waals surface area contributed by atoms with Gasteiger partial charge in [0.05, 0.1) is 0 Å². The predicted octanol–water partition coefficient (Wildman–Crippen LogP) is -1.25. The molecule has 0 heterocycles. The van der Waals surface area contributed by atoms with Crippen LogP contribution in [-0.4, -0.2) is 25.4 Å². The number of hydrogen-bond acceptors (Lipinski definition) is 3.